The van der Waals surface area contributed by atoms with Crippen LogP contribution in [0.15, 0.2) is 46.9 Å². The first kappa shape index (κ1) is 14.0. The lowest BCUT2D eigenvalue weighted by molar-refractivity contribution is 0.178. The van der Waals surface area contributed by atoms with Gasteiger partial charge in [0.1, 0.15) is 5.82 Å². The molecule has 0 aliphatic carbocycles. The van der Waals surface area contributed by atoms with Crippen molar-refractivity contribution in [3.63, 3.8) is 0 Å². The van der Waals surface area contributed by atoms with Crippen molar-refractivity contribution in [2.45, 2.75) is 12.5 Å². The second-order valence-corrected chi connectivity index (χ2v) is 6.11. The molecule has 0 amide bonds. The Labute approximate surface area is 127 Å². The highest BCUT2D eigenvalue weighted by Gasteiger charge is 2.11. The molecular weight excluding hydrogens is 410 g/mol. The van der Waals surface area contributed by atoms with Crippen LogP contribution >= 0.6 is 38.5 Å². The van der Waals surface area contributed by atoms with Crippen LogP contribution in [-0.2, 0) is 6.42 Å². The van der Waals surface area contributed by atoms with Gasteiger partial charge in [0.15, 0.2) is 0 Å². The van der Waals surface area contributed by atoms with Crippen molar-refractivity contribution in [3.05, 3.63) is 67.5 Å². The highest BCUT2D eigenvalue weighted by molar-refractivity contribution is 14.1. The molecule has 0 aliphatic heterocycles. The Morgan fingerprint density at radius 3 is 2.50 bits per heavy atom. The Morgan fingerprint density at radius 2 is 1.83 bits per heavy atom. The molecule has 18 heavy (non-hydrogen) atoms. The van der Waals surface area contributed by atoms with Crippen LogP contribution in [-0.4, -0.2) is 5.11 Å². The lowest BCUT2D eigenvalue weighted by Gasteiger charge is -2.12. The number of hydrogen-bond donors (Lipinski definition) is 1. The lowest BCUT2D eigenvalue weighted by atomic mass is 10.0. The van der Waals surface area contributed by atoms with Crippen molar-refractivity contribution in [2.75, 3.05) is 0 Å². The van der Waals surface area contributed by atoms with Crippen LogP contribution in [0.5, 0.6) is 0 Å². The summed E-state index contributed by atoms with van der Waals surface area (Å²) in [6.07, 6.45) is -0.237. The third-order valence-electron chi connectivity index (χ3n) is 2.68. The van der Waals surface area contributed by atoms with Gasteiger partial charge < -0.3 is 5.11 Å². The predicted octanol–water partition coefficient (Wildman–Crippen LogP) is 4.47. The van der Waals surface area contributed by atoms with Crippen LogP contribution in [0.2, 0.25) is 0 Å². The molecule has 2 aromatic rings. The highest BCUT2D eigenvalue weighted by atomic mass is 127. The first-order chi connectivity index (χ1) is 8.56. The summed E-state index contributed by atoms with van der Waals surface area (Å²) in [6.45, 7) is 0. The van der Waals surface area contributed by atoms with Gasteiger partial charge in [0.2, 0.25) is 0 Å². The predicted molar refractivity (Wildman–Crippen MR) is 81.9 cm³/mol. The minimum Gasteiger partial charge on any atom is -0.388 e. The maximum atomic E-state index is 13.1. The molecule has 0 aliphatic rings. The monoisotopic (exact) mass is 420 g/mol. The Balaban J connectivity index is 2.18. The summed E-state index contributed by atoms with van der Waals surface area (Å²) in [5, 5.41) is 10.1. The van der Waals surface area contributed by atoms with Gasteiger partial charge in [-0.25, -0.2) is 4.39 Å². The van der Waals surface area contributed by atoms with E-state index < -0.39 is 6.10 Å². The van der Waals surface area contributed by atoms with E-state index in [1.54, 1.807) is 6.07 Å². The van der Waals surface area contributed by atoms with Crippen molar-refractivity contribution >= 4 is 38.5 Å². The summed E-state index contributed by atoms with van der Waals surface area (Å²) in [6, 6.07) is 12.2. The molecule has 0 saturated heterocycles. The first-order valence-electron chi connectivity index (χ1n) is 5.44. The Hall–Kier alpha value is -0.460. The van der Waals surface area contributed by atoms with Gasteiger partial charge >= 0.3 is 0 Å². The first-order valence-corrected chi connectivity index (χ1v) is 7.31. The van der Waals surface area contributed by atoms with E-state index in [0.29, 0.717) is 6.42 Å². The molecule has 2 aromatic carbocycles. The fraction of sp³-hybridized carbons (Fsp3) is 0.143. The maximum Gasteiger partial charge on any atom is 0.123 e. The van der Waals surface area contributed by atoms with E-state index in [1.165, 1.54) is 12.1 Å². The maximum absolute atomic E-state index is 13.1. The second-order valence-electron chi connectivity index (χ2n) is 4.01. The molecular formula is C14H11BrFIO. The Morgan fingerprint density at radius 1 is 1.17 bits per heavy atom. The normalized spacial score (nSPS) is 12.4. The molecule has 1 atom stereocenters. The van der Waals surface area contributed by atoms with E-state index in [9.17, 15) is 9.50 Å². The van der Waals surface area contributed by atoms with Gasteiger partial charge in [0.05, 0.1) is 6.10 Å². The lowest BCUT2D eigenvalue weighted by Crippen LogP contribution is -2.02. The van der Waals surface area contributed by atoms with Gasteiger partial charge in [0.25, 0.3) is 0 Å². The smallest absolute Gasteiger partial charge is 0.123 e. The standard InChI is InChI=1S/C14H11BrFIO/c15-13-6-3-11(16)7-10(13)8-14(18)9-1-4-12(17)5-2-9/h1-7,14,18H,8H2. The van der Waals surface area contributed by atoms with E-state index in [1.807, 2.05) is 24.3 Å². The molecule has 0 radical (unpaired) electrons. The number of rotatable bonds is 3. The van der Waals surface area contributed by atoms with Gasteiger partial charge in [-0.3, -0.25) is 0 Å². The molecule has 1 unspecified atom stereocenters. The van der Waals surface area contributed by atoms with E-state index in [0.717, 1.165) is 19.2 Å². The molecule has 0 bridgehead atoms. The van der Waals surface area contributed by atoms with Crippen molar-refractivity contribution < 1.29 is 9.50 Å². The molecule has 0 saturated carbocycles. The summed E-state index contributed by atoms with van der Waals surface area (Å²) in [4.78, 5) is 0. The third kappa shape index (κ3) is 3.52. The summed E-state index contributed by atoms with van der Waals surface area (Å²) < 4.78 is 15.1. The molecule has 94 valence electrons. The third-order valence-corrected chi connectivity index (χ3v) is 4.17. The molecule has 0 heterocycles. The summed E-state index contributed by atoms with van der Waals surface area (Å²) in [5.74, 6) is -0.289. The molecule has 0 spiro atoms. The van der Waals surface area contributed by atoms with Gasteiger partial charge in [-0.1, -0.05) is 28.1 Å². The van der Waals surface area contributed by atoms with E-state index in [-0.39, 0.29) is 5.82 Å². The van der Waals surface area contributed by atoms with Gasteiger partial charge in [0, 0.05) is 14.5 Å². The zero-order valence-electron chi connectivity index (χ0n) is 9.41. The summed E-state index contributed by atoms with van der Waals surface area (Å²) in [7, 11) is 0. The average Bonchev–Trinajstić information content (AvgIpc) is 2.34. The number of halogens is 3. The molecule has 4 heteroatoms. The van der Waals surface area contributed by atoms with Crippen molar-refractivity contribution in [1.29, 1.82) is 0 Å². The number of benzene rings is 2. The SMILES string of the molecule is OC(Cc1cc(F)ccc1Br)c1ccc(I)cc1. The largest absolute Gasteiger partial charge is 0.388 e. The highest BCUT2D eigenvalue weighted by Crippen LogP contribution is 2.25. The fourth-order valence-electron chi connectivity index (χ4n) is 1.71. The summed E-state index contributed by atoms with van der Waals surface area (Å²) in [5.41, 5.74) is 1.60. The van der Waals surface area contributed by atoms with Gasteiger partial charge in [-0.15, -0.1) is 0 Å². The zero-order chi connectivity index (χ0) is 13.1. The molecule has 1 nitrogen and oxygen atoms in total. The number of aliphatic hydroxyl groups is 1. The summed E-state index contributed by atoms with van der Waals surface area (Å²) >= 11 is 5.58. The number of hydrogen-bond acceptors (Lipinski definition) is 1. The van der Waals surface area contributed by atoms with Crippen LogP contribution in [0.25, 0.3) is 0 Å². The van der Waals surface area contributed by atoms with Gasteiger partial charge in [-0.05, 0) is 64.0 Å². The van der Waals surface area contributed by atoms with E-state index >= 15 is 0 Å². The van der Waals surface area contributed by atoms with Crippen molar-refractivity contribution in [1.82, 2.24) is 0 Å². The minimum absolute atomic E-state index is 0.289. The molecule has 2 rings (SSSR count). The minimum atomic E-state index is -0.625. The average molecular weight is 421 g/mol. The van der Waals surface area contributed by atoms with E-state index in [2.05, 4.69) is 38.5 Å². The number of aliphatic hydroxyl groups excluding tert-OH is 1. The van der Waals surface area contributed by atoms with Crippen LogP contribution in [0.3, 0.4) is 0 Å². The second kappa shape index (κ2) is 6.12. The van der Waals surface area contributed by atoms with Crippen LogP contribution in [0, 0.1) is 9.39 Å². The molecule has 0 aromatic heterocycles. The van der Waals surface area contributed by atoms with Crippen molar-refractivity contribution in [3.8, 4) is 0 Å². The zero-order valence-corrected chi connectivity index (χ0v) is 13.2. The molecule has 0 fully saturated rings. The van der Waals surface area contributed by atoms with Crippen LogP contribution in [0.1, 0.15) is 17.2 Å². The Kier molecular flexibility index (Phi) is 4.75. The quantitative estimate of drug-likeness (QED) is 0.726. The van der Waals surface area contributed by atoms with E-state index in [4.69, 9.17) is 0 Å². The Bertz CT molecular complexity index is 542. The fourth-order valence-corrected chi connectivity index (χ4v) is 2.48. The van der Waals surface area contributed by atoms with Crippen molar-refractivity contribution in [2.24, 2.45) is 0 Å². The van der Waals surface area contributed by atoms with Crippen LogP contribution < -0.4 is 0 Å². The molecule has 1 N–H and O–H groups in total. The van der Waals surface area contributed by atoms with Gasteiger partial charge in [-0.2, -0.15) is 0 Å². The topological polar surface area (TPSA) is 20.2 Å². The van der Waals surface area contributed by atoms with Crippen LogP contribution in [0.4, 0.5) is 4.39 Å².